The molecular weight excluding hydrogens is 248 g/mol. The first-order chi connectivity index (χ1) is 8.19. The average molecular weight is 287 g/mol. The van der Waals surface area contributed by atoms with Crippen LogP contribution in [0.5, 0.6) is 0 Å². The van der Waals surface area contributed by atoms with Crippen LogP contribution >= 0.6 is 0 Å². The summed E-state index contributed by atoms with van der Waals surface area (Å²) >= 11 is 0. The third-order valence-electron chi connectivity index (χ3n) is 4.19. The molecule has 0 saturated heterocycles. The molecule has 0 heterocycles. The molecule has 0 spiro atoms. The van der Waals surface area contributed by atoms with E-state index in [4.69, 9.17) is 0 Å². The van der Waals surface area contributed by atoms with Crippen molar-refractivity contribution in [2.45, 2.75) is 103 Å². The lowest BCUT2D eigenvalue weighted by Gasteiger charge is -2.38. The maximum Gasteiger partial charge on any atom is 0.0447 e. The fourth-order valence-corrected chi connectivity index (χ4v) is 16.0. The highest BCUT2D eigenvalue weighted by Gasteiger charge is 2.36. The molecule has 0 N–H and O–H groups in total. The van der Waals surface area contributed by atoms with Gasteiger partial charge in [0.2, 0.25) is 0 Å². The van der Waals surface area contributed by atoms with E-state index >= 15 is 0 Å². The van der Waals surface area contributed by atoms with Crippen LogP contribution in [0.3, 0.4) is 0 Å². The molecule has 0 radical (unpaired) electrons. The number of rotatable bonds is 10. The molecular formula is C16H38Si2. The van der Waals surface area contributed by atoms with E-state index in [2.05, 4.69) is 46.2 Å². The second-order valence-electron chi connectivity index (χ2n) is 8.19. The van der Waals surface area contributed by atoms with Crippen molar-refractivity contribution < 1.29 is 0 Å². The Morgan fingerprint density at radius 3 is 1.39 bits per heavy atom. The van der Waals surface area contributed by atoms with Gasteiger partial charge >= 0.3 is 0 Å². The highest BCUT2D eigenvalue weighted by atomic mass is 28.4. The summed E-state index contributed by atoms with van der Waals surface area (Å²) in [5.41, 5.74) is 0. The van der Waals surface area contributed by atoms with E-state index in [-0.39, 0.29) is 0 Å². The standard InChI is InChI=1S/C16H38Si2/c1-8-9-10-11-12-13-14-15-16(17(2,3)4)18(5,6)7/h16H,8-15H2,1-7H3. The topological polar surface area (TPSA) is 0 Å². The third kappa shape index (κ3) is 8.52. The monoisotopic (exact) mass is 286 g/mol. The summed E-state index contributed by atoms with van der Waals surface area (Å²) in [7, 11) is -1.88. The predicted molar refractivity (Wildman–Crippen MR) is 93.1 cm³/mol. The van der Waals surface area contributed by atoms with Crippen LogP contribution in [0, 0.1) is 0 Å². The molecule has 0 aromatic rings. The minimum atomic E-state index is -0.942. The lowest BCUT2D eigenvalue weighted by atomic mass is 10.1. The summed E-state index contributed by atoms with van der Waals surface area (Å²) in [6.07, 6.45) is 11.7. The number of hydrogen-bond acceptors (Lipinski definition) is 0. The zero-order valence-electron chi connectivity index (χ0n) is 14.2. The summed E-state index contributed by atoms with van der Waals surface area (Å²) in [4.78, 5) is 0. The van der Waals surface area contributed by atoms with Crippen LogP contribution in [-0.2, 0) is 0 Å². The molecule has 0 fully saturated rings. The van der Waals surface area contributed by atoms with Crippen LogP contribution in [0.1, 0.15) is 58.3 Å². The predicted octanol–water partition coefficient (Wildman–Crippen LogP) is 6.71. The van der Waals surface area contributed by atoms with Gasteiger partial charge in [-0.25, -0.2) is 0 Å². The smallest absolute Gasteiger partial charge is 0.0447 e. The second kappa shape index (κ2) is 8.57. The van der Waals surface area contributed by atoms with Gasteiger partial charge in [-0.05, 0) is 0 Å². The Morgan fingerprint density at radius 2 is 1.00 bits per heavy atom. The Morgan fingerprint density at radius 1 is 0.611 bits per heavy atom. The largest absolute Gasteiger partial charge is 0.0696 e. The van der Waals surface area contributed by atoms with Gasteiger partial charge in [0.1, 0.15) is 0 Å². The quantitative estimate of drug-likeness (QED) is 0.309. The van der Waals surface area contributed by atoms with Crippen LogP contribution in [0.4, 0.5) is 0 Å². The minimum Gasteiger partial charge on any atom is -0.0696 e. The molecule has 0 rings (SSSR count). The van der Waals surface area contributed by atoms with E-state index in [1.165, 1.54) is 51.4 Å². The van der Waals surface area contributed by atoms with Gasteiger partial charge in [-0.2, -0.15) is 0 Å². The van der Waals surface area contributed by atoms with Crippen LogP contribution in [0.25, 0.3) is 0 Å². The summed E-state index contributed by atoms with van der Waals surface area (Å²) in [5.74, 6) is 0. The van der Waals surface area contributed by atoms with E-state index in [0.717, 1.165) is 5.16 Å². The molecule has 0 nitrogen and oxygen atoms in total. The van der Waals surface area contributed by atoms with Gasteiger partial charge in [-0.15, -0.1) is 0 Å². The van der Waals surface area contributed by atoms with Gasteiger partial charge in [0.05, 0.1) is 0 Å². The Kier molecular flexibility index (Phi) is 8.78. The zero-order valence-corrected chi connectivity index (χ0v) is 16.2. The maximum absolute atomic E-state index is 2.58. The summed E-state index contributed by atoms with van der Waals surface area (Å²) in [5, 5.41) is 1.11. The second-order valence-corrected chi connectivity index (χ2v) is 19.6. The molecule has 110 valence electrons. The Hall–Kier alpha value is 0.434. The molecule has 0 aliphatic rings. The third-order valence-corrected chi connectivity index (χ3v) is 14.1. The molecule has 0 aliphatic carbocycles. The maximum atomic E-state index is 2.58. The summed E-state index contributed by atoms with van der Waals surface area (Å²) < 4.78 is 0. The fraction of sp³-hybridized carbons (Fsp3) is 1.00. The highest BCUT2D eigenvalue weighted by Crippen LogP contribution is 2.36. The van der Waals surface area contributed by atoms with E-state index < -0.39 is 16.1 Å². The van der Waals surface area contributed by atoms with Crippen molar-refractivity contribution in [2.24, 2.45) is 0 Å². The van der Waals surface area contributed by atoms with Gasteiger partial charge in [0.15, 0.2) is 0 Å². The van der Waals surface area contributed by atoms with Crippen molar-refractivity contribution >= 4 is 16.1 Å². The Bertz CT molecular complexity index is 184. The van der Waals surface area contributed by atoms with Gasteiger partial charge in [-0.1, -0.05) is 103 Å². The Balaban J connectivity index is 3.86. The minimum absolute atomic E-state index is 0.942. The Labute approximate surface area is 119 Å². The summed E-state index contributed by atoms with van der Waals surface area (Å²) in [6.45, 7) is 17.8. The molecule has 0 amide bonds. The molecule has 0 aromatic heterocycles. The van der Waals surface area contributed by atoms with E-state index in [0.29, 0.717) is 0 Å². The van der Waals surface area contributed by atoms with Crippen molar-refractivity contribution in [1.82, 2.24) is 0 Å². The van der Waals surface area contributed by atoms with Crippen molar-refractivity contribution in [3.63, 3.8) is 0 Å². The molecule has 18 heavy (non-hydrogen) atoms. The first kappa shape index (κ1) is 18.4. The van der Waals surface area contributed by atoms with Crippen molar-refractivity contribution in [2.75, 3.05) is 0 Å². The van der Waals surface area contributed by atoms with Gasteiger partial charge in [0, 0.05) is 16.1 Å². The highest BCUT2D eigenvalue weighted by molar-refractivity contribution is 6.96. The first-order valence-electron chi connectivity index (χ1n) is 8.19. The normalized spacial score (nSPS) is 13.3. The van der Waals surface area contributed by atoms with E-state index in [1.807, 2.05) is 0 Å². The van der Waals surface area contributed by atoms with E-state index in [1.54, 1.807) is 0 Å². The van der Waals surface area contributed by atoms with Gasteiger partial charge < -0.3 is 0 Å². The van der Waals surface area contributed by atoms with Crippen LogP contribution in [0.2, 0.25) is 44.4 Å². The lowest BCUT2D eigenvalue weighted by molar-refractivity contribution is 0.578. The summed E-state index contributed by atoms with van der Waals surface area (Å²) in [6, 6.07) is 0. The molecule has 0 aliphatic heterocycles. The van der Waals surface area contributed by atoms with Crippen LogP contribution < -0.4 is 0 Å². The van der Waals surface area contributed by atoms with Crippen molar-refractivity contribution in [3.05, 3.63) is 0 Å². The van der Waals surface area contributed by atoms with E-state index in [9.17, 15) is 0 Å². The first-order valence-corrected chi connectivity index (χ1v) is 15.3. The molecule has 0 saturated carbocycles. The number of hydrogen-bond donors (Lipinski definition) is 0. The molecule has 0 bridgehead atoms. The average Bonchev–Trinajstić information content (AvgIpc) is 2.18. The van der Waals surface area contributed by atoms with Gasteiger partial charge in [0.25, 0.3) is 0 Å². The van der Waals surface area contributed by atoms with Crippen molar-refractivity contribution in [3.8, 4) is 0 Å². The molecule has 0 atom stereocenters. The SMILES string of the molecule is CCCCCCCCCC([Si](C)(C)C)[Si](C)(C)C. The lowest BCUT2D eigenvalue weighted by Crippen LogP contribution is -2.43. The molecule has 0 unspecified atom stereocenters. The number of unbranched alkanes of at least 4 members (excludes halogenated alkanes) is 6. The molecule has 2 heteroatoms. The zero-order chi connectivity index (χ0) is 14.2. The fourth-order valence-electron chi connectivity index (χ4n) is 3.47. The van der Waals surface area contributed by atoms with Crippen molar-refractivity contribution in [1.29, 1.82) is 0 Å². The van der Waals surface area contributed by atoms with Crippen LogP contribution in [-0.4, -0.2) is 16.1 Å². The van der Waals surface area contributed by atoms with Gasteiger partial charge in [-0.3, -0.25) is 0 Å². The van der Waals surface area contributed by atoms with Crippen LogP contribution in [0.15, 0.2) is 0 Å². The molecule has 0 aromatic carbocycles.